The number of hydrogen-bond donors (Lipinski definition) is 2. The Balaban J connectivity index is 2.05. The lowest BCUT2D eigenvalue weighted by Gasteiger charge is -2.37. The van der Waals surface area contributed by atoms with Crippen LogP contribution in [0.4, 0.5) is 5.69 Å². The second-order valence-corrected chi connectivity index (χ2v) is 6.28. The van der Waals surface area contributed by atoms with Gasteiger partial charge in [-0.1, -0.05) is 11.6 Å². The molecule has 0 aromatic heterocycles. The molecule has 18 heavy (non-hydrogen) atoms. The molecule has 0 heterocycles. The number of halogens is 2. The van der Waals surface area contributed by atoms with Crippen LogP contribution in [0.15, 0.2) is 16.6 Å². The van der Waals surface area contributed by atoms with E-state index in [0.717, 1.165) is 29.3 Å². The predicted octanol–water partition coefficient (Wildman–Crippen LogP) is 3.62. The van der Waals surface area contributed by atoms with Gasteiger partial charge in [-0.2, -0.15) is 0 Å². The highest BCUT2D eigenvalue weighted by molar-refractivity contribution is 9.10. The van der Waals surface area contributed by atoms with Crippen molar-refractivity contribution in [1.82, 2.24) is 0 Å². The van der Waals surface area contributed by atoms with Crippen molar-refractivity contribution in [3.8, 4) is 0 Å². The maximum Gasteiger partial charge on any atom is 0.226 e. The van der Waals surface area contributed by atoms with Crippen molar-refractivity contribution in [2.75, 3.05) is 5.32 Å². The van der Waals surface area contributed by atoms with Crippen molar-refractivity contribution in [1.29, 1.82) is 0 Å². The van der Waals surface area contributed by atoms with Crippen LogP contribution >= 0.6 is 27.5 Å². The summed E-state index contributed by atoms with van der Waals surface area (Å²) in [6, 6.07) is 3.64. The van der Waals surface area contributed by atoms with Crippen molar-refractivity contribution in [2.24, 2.45) is 5.73 Å². The minimum Gasteiger partial charge on any atom is -0.325 e. The summed E-state index contributed by atoms with van der Waals surface area (Å²) >= 11 is 9.46. The minimum atomic E-state index is -0.301. The van der Waals surface area contributed by atoms with Gasteiger partial charge < -0.3 is 11.1 Å². The van der Waals surface area contributed by atoms with Crippen LogP contribution in [0.25, 0.3) is 0 Å². The highest BCUT2D eigenvalue weighted by Crippen LogP contribution is 2.33. The quantitative estimate of drug-likeness (QED) is 0.889. The van der Waals surface area contributed by atoms with E-state index in [1.54, 1.807) is 6.07 Å². The van der Waals surface area contributed by atoms with Crippen molar-refractivity contribution in [3.63, 3.8) is 0 Å². The van der Waals surface area contributed by atoms with Crippen molar-refractivity contribution in [2.45, 2.75) is 38.1 Å². The van der Waals surface area contributed by atoms with Crippen LogP contribution in [-0.2, 0) is 4.79 Å². The third kappa shape index (κ3) is 3.05. The Labute approximate surface area is 120 Å². The Kier molecular flexibility index (Phi) is 3.99. The molecule has 1 aromatic rings. The molecular weight excluding hydrogens is 316 g/mol. The zero-order valence-electron chi connectivity index (χ0n) is 10.2. The first-order chi connectivity index (χ1) is 8.39. The maximum atomic E-state index is 11.9. The number of carbonyl (C=O) groups excluding carboxylic acids is 1. The van der Waals surface area contributed by atoms with Gasteiger partial charge in [-0.3, -0.25) is 4.79 Å². The smallest absolute Gasteiger partial charge is 0.226 e. The van der Waals surface area contributed by atoms with Gasteiger partial charge >= 0.3 is 0 Å². The SMILES string of the molecule is Cc1cc(Br)c(NC(=O)CC2(N)CCC2)cc1Cl. The van der Waals surface area contributed by atoms with E-state index in [4.69, 9.17) is 17.3 Å². The van der Waals surface area contributed by atoms with E-state index in [9.17, 15) is 4.79 Å². The van der Waals surface area contributed by atoms with Crippen LogP contribution < -0.4 is 11.1 Å². The highest BCUT2D eigenvalue weighted by atomic mass is 79.9. The van der Waals surface area contributed by atoms with Gasteiger partial charge in [0.15, 0.2) is 0 Å². The molecule has 0 spiro atoms. The lowest BCUT2D eigenvalue weighted by Crippen LogP contribution is -2.48. The van der Waals surface area contributed by atoms with Crippen LogP contribution in [0.3, 0.4) is 0 Å². The summed E-state index contributed by atoms with van der Waals surface area (Å²) < 4.78 is 0.831. The molecule has 2 rings (SSSR count). The predicted molar refractivity (Wildman–Crippen MR) is 77.9 cm³/mol. The zero-order chi connectivity index (χ0) is 13.3. The average molecular weight is 332 g/mol. The number of carbonyl (C=O) groups is 1. The number of nitrogens with two attached hydrogens (primary N) is 1. The summed E-state index contributed by atoms with van der Waals surface area (Å²) in [5, 5.41) is 3.49. The van der Waals surface area contributed by atoms with Gasteiger partial charge in [0.25, 0.3) is 0 Å². The summed E-state index contributed by atoms with van der Waals surface area (Å²) in [6.07, 6.45) is 3.33. The van der Waals surface area contributed by atoms with E-state index in [-0.39, 0.29) is 11.4 Å². The van der Waals surface area contributed by atoms with Gasteiger partial charge in [-0.15, -0.1) is 0 Å². The Hall–Kier alpha value is -0.580. The van der Waals surface area contributed by atoms with Crippen LogP contribution in [0.1, 0.15) is 31.2 Å². The van der Waals surface area contributed by atoms with E-state index < -0.39 is 0 Å². The van der Waals surface area contributed by atoms with Crippen molar-refractivity contribution < 1.29 is 4.79 Å². The first-order valence-electron chi connectivity index (χ1n) is 5.94. The fourth-order valence-corrected chi connectivity index (χ4v) is 2.78. The van der Waals surface area contributed by atoms with Gasteiger partial charge in [0, 0.05) is 21.5 Å². The van der Waals surface area contributed by atoms with E-state index >= 15 is 0 Å². The van der Waals surface area contributed by atoms with Crippen LogP contribution in [-0.4, -0.2) is 11.4 Å². The molecule has 1 aromatic carbocycles. The third-order valence-corrected chi connectivity index (χ3v) is 4.45. The third-order valence-electron chi connectivity index (χ3n) is 3.38. The molecule has 0 aliphatic heterocycles. The first kappa shape index (κ1) is 13.8. The van der Waals surface area contributed by atoms with Gasteiger partial charge in [0.1, 0.15) is 0 Å². The number of hydrogen-bond acceptors (Lipinski definition) is 2. The Morgan fingerprint density at radius 2 is 2.22 bits per heavy atom. The first-order valence-corrected chi connectivity index (χ1v) is 7.11. The number of aryl methyl sites for hydroxylation is 1. The van der Waals surface area contributed by atoms with Crippen molar-refractivity contribution >= 4 is 39.1 Å². The number of amides is 1. The molecular formula is C13H16BrClN2O. The van der Waals surface area contributed by atoms with E-state index in [1.807, 2.05) is 13.0 Å². The second kappa shape index (κ2) is 5.19. The maximum absolute atomic E-state index is 11.9. The normalized spacial score (nSPS) is 17.1. The Morgan fingerprint density at radius 3 is 2.78 bits per heavy atom. The number of rotatable bonds is 3. The fraction of sp³-hybridized carbons (Fsp3) is 0.462. The number of anilines is 1. The van der Waals surface area contributed by atoms with Crippen molar-refractivity contribution in [3.05, 3.63) is 27.2 Å². The van der Waals surface area contributed by atoms with E-state index in [1.165, 1.54) is 0 Å². The molecule has 98 valence electrons. The Morgan fingerprint density at radius 1 is 1.56 bits per heavy atom. The summed E-state index contributed by atoms with van der Waals surface area (Å²) in [6.45, 7) is 1.92. The minimum absolute atomic E-state index is 0.0576. The van der Waals surface area contributed by atoms with Crippen LogP contribution in [0.5, 0.6) is 0 Å². The monoisotopic (exact) mass is 330 g/mol. The molecule has 1 fully saturated rings. The average Bonchev–Trinajstić information content (AvgIpc) is 2.23. The van der Waals surface area contributed by atoms with E-state index in [0.29, 0.717) is 17.1 Å². The molecule has 3 N–H and O–H groups in total. The Bertz CT molecular complexity index is 486. The van der Waals surface area contributed by atoms with Gasteiger partial charge in [-0.25, -0.2) is 0 Å². The number of benzene rings is 1. The van der Waals surface area contributed by atoms with Gasteiger partial charge in [0.2, 0.25) is 5.91 Å². The molecule has 1 amide bonds. The standard InChI is InChI=1S/C13H16BrClN2O/c1-8-5-9(14)11(6-10(8)15)17-12(18)7-13(16)3-2-4-13/h5-6H,2-4,7,16H2,1H3,(H,17,18). The molecule has 1 aliphatic carbocycles. The number of nitrogens with one attached hydrogen (secondary N) is 1. The van der Waals surface area contributed by atoms with E-state index in [2.05, 4.69) is 21.2 Å². The topological polar surface area (TPSA) is 55.1 Å². The lowest BCUT2D eigenvalue weighted by atomic mass is 9.75. The zero-order valence-corrected chi connectivity index (χ0v) is 12.6. The molecule has 5 heteroatoms. The molecule has 0 radical (unpaired) electrons. The lowest BCUT2D eigenvalue weighted by molar-refractivity contribution is -0.118. The van der Waals surface area contributed by atoms with Gasteiger partial charge in [-0.05, 0) is 59.8 Å². The molecule has 1 saturated carbocycles. The molecule has 0 atom stereocenters. The fourth-order valence-electron chi connectivity index (χ4n) is 2.06. The second-order valence-electron chi connectivity index (χ2n) is 5.02. The summed E-state index contributed by atoms with van der Waals surface area (Å²) in [5.74, 6) is -0.0576. The highest BCUT2D eigenvalue weighted by Gasteiger charge is 2.34. The molecule has 0 saturated heterocycles. The molecule has 0 unspecified atom stereocenters. The van der Waals surface area contributed by atoms with Crippen LogP contribution in [0.2, 0.25) is 5.02 Å². The summed E-state index contributed by atoms with van der Waals surface area (Å²) in [4.78, 5) is 11.9. The largest absolute Gasteiger partial charge is 0.325 e. The molecule has 3 nitrogen and oxygen atoms in total. The van der Waals surface area contributed by atoms with Gasteiger partial charge in [0.05, 0.1) is 5.69 Å². The molecule has 0 bridgehead atoms. The molecule has 1 aliphatic rings. The van der Waals surface area contributed by atoms with Crippen LogP contribution in [0, 0.1) is 6.92 Å². The summed E-state index contributed by atoms with van der Waals surface area (Å²) in [7, 11) is 0. The summed E-state index contributed by atoms with van der Waals surface area (Å²) in [5.41, 5.74) is 7.41.